The molecule has 0 bridgehead atoms. The van der Waals surface area contributed by atoms with Gasteiger partial charge < -0.3 is 40.3 Å². The van der Waals surface area contributed by atoms with Crippen molar-refractivity contribution in [1.29, 1.82) is 0 Å². The third-order valence-corrected chi connectivity index (χ3v) is 11.5. The number of allylic oxidation sites excluding steroid dienone is 13. The Morgan fingerprint density at radius 3 is 1.52 bits per heavy atom. The number of nitrogens with one attached hydrogen (secondary N) is 1. The van der Waals surface area contributed by atoms with Gasteiger partial charge in [0, 0.05) is 6.42 Å². The molecular formula is C54H93NO8. The zero-order valence-electron chi connectivity index (χ0n) is 39.8. The molecule has 0 aromatic rings. The molecule has 7 atom stereocenters. The van der Waals surface area contributed by atoms with Crippen LogP contribution in [-0.4, -0.2) is 87.5 Å². The lowest BCUT2D eigenvalue weighted by atomic mass is 9.99. The summed E-state index contributed by atoms with van der Waals surface area (Å²) in [7, 11) is 0. The van der Waals surface area contributed by atoms with Crippen molar-refractivity contribution in [3.05, 3.63) is 85.1 Å². The van der Waals surface area contributed by atoms with Gasteiger partial charge in [-0.1, -0.05) is 195 Å². The van der Waals surface area contributed by atoms with Gasteiger partial charge in [0.1, 0.15) is 24.4 Å². The number of hydrogen-bond donors (Lipinski definition) is 6. The summed E-state index contributed by atoms with van der Waals surface area (Å²) in [5.41, 5.74) is 0. The highest BCUT2D eigenvalue weighted by molar-refractivity contribution is 5.76. The van der Waals surface area contributed by atoms with E-state index in [2.05, 4.69) is 92.1 Å². The summed E-state index contributed by atoms with van der Waals surface area (Å²) in [6.45, 7) is 3.62. The van der Waals surface area contributed by atoms with Crippen molar-refractivity contribution in [2.45, 2.75) is 236 Å². The van der Waals surface area contributed by atoms with Gasteiger partial charge in [-0.3, -0.25) is 4.79 Å². The monoisotopic (exact) mass is 884 g/mol. The van der Waals surface area contributed by atoms with E-state index in [0.717, 1.165) is 77.0 Å². The molecule has 1 heterocycles. The predicted octanol–water partition coefficient (Wildman–Crippen LogP) is 11.5. The number of carbonyl (C=O) groups is 1. The quantitative estimate of drug-likeness (QED) is 0.0263. The first kappa shape index (κ1) is 58.4. The Bertz CT molecular complexity index is 1260. The number of amides is 1. The zero-order valence-corrected chi connectivity index (χ0v) is 39.8. The largest absolute Gasteiger partial charge is 0.394 e. The molecule has 0 saturated carbocycles. The predicted molar refractivity (Wildman–Crippen MR) is 262 cm³/mol. The van der Waals surface area contributed by atoms with Crippen LogP contribution in [0.1, 0.15) is 194 Å². The summed E-state index contributed by atoms with van der Waals surface area (Å²) in [5.74, 6) is -0.195. The number of carbonyl (C=O) groups excluding carboxylic acids is 1. The Balaban J connectivity index is 2.26. The zero-order chi connectivity index (χ0) is 45.9. The van der Waals surface area contributed by atoms with E-state index >= 15 is 0 Å². The maximum atomic E-state index is 13.0. The van der Waals surface area contributed by atoms with Crippen molar-refractivity contribution < 1.29 is 39.8 Å². The normalized spacial score (nSPS) is 20.9. The minimum atomic E-state index is -1.58. The van der Waals surface area contributed by atoms with Gasteiger partial charge in [-0.05, 0) is 77.0 Å². The van der Waals surface area contributed by atoms with Gasteiger partial charge in [0.25, 0.3) is 0 Å². The van der Waals surface area contributed by atoms with Crippen LogP contribution in [0.25, 0.3) is 0 Å². The van der Waals surface area contributed by atoms with E-state index < -0.39 is 49.5 Å². The molecule has 0 aromatic heterocycles. The Kier molecular flexibility index (Phi) is 40.1. The highest BCUT2D eigenvalue weighted by Crippen LogP contribution is 2.22. The molecule has 1 saturated heterocycles. The number of hydrogen-bond acceptors (Lipinski definition) is 8. The Morgan fingerprint density at radius 1 is 0.556 bits per heavy atom. The summed E-state index contributed by atoms with van der Waals surface area (Å²) >= 11 is 0. The number of rotatable bonds is 41. The number of unbranched alkanes of at least 4 members (excludes halogenated alkanes) is 19. The van der Waals surface area contributed by atoms with Crippen LogP contribution in [0.4, 0.5) is 0 Å². The van der Waals surface area contributed by atoms with Crippen molar-refractivity contribution >= 4 is 5.91 Å². The molecule has 0 aliphatic carbocycles. The molecule has 1 fully saturated rings. The SMILES string of the molecule is CC/C=C\C/C=C\C/C=C\C/C=C\C/C=C\CCCCCCCCCCCCCC(=O)NC(COC1OC(CO)C(O)C(O)C1O)C(O)/C=C/CC/C=C/CCCCCCCCC. The summed E-state index contributed by atoms with van der Waals surface area (Å²) < 4.78 is 11.2. The molecule has 9 heteroatoms. The summed E-state index contributed by atoms with van der Waals surface area (Å²) in [5, 5.41) is 54.2. The van der Waals surface area contributed by atoms with E-state index in [9.17, 15) is 30.3 Å². The second-order valence-electron chi connectivity index (χ2n) is 17.2. The smallest absolute Gasteiger partial charge is 0.220 e. The van der Waals surface area contributed by atoms with Gasteiger partial charge in [-0.25, -0.2) is 0 Å². The van der Waals surface area contributed by atoms with E-state index in [1.165, 1.54) is 96.3 Å². The van der Waals surface area contributed by atoms with Gasteiger partial charge in [-0.15, -0.1) is 0 Å². The minimum Gasteiger partial charge on any atom is -0.394 e. The first-order valence-corrected chi connectivity index (χ1v) is 25.3. The molecule has 7 unspecified atom stereocenters. The van der Waals surface area contributed by atoms with E-state index in [-0.39, 0.29) is 12.5 Å². The maximum absolute atomic E-state index is 13.0. The average Bonchev–Trinajstić information content (AvgIpc) is 3.28. The van der Waals surface area contributed by atoms with Crippen molar-refractivity contribution in [3.63, 3.8) is 0 Å². The van der Waals surface area contributed by atoms with Crippen LogP contribution in [-0.2, 0) is 14.3 Å². The van der Waals surface area contributed by atoms with Crippen molar-refractivity contribution in [2.75, 3.05) is 13.2 Å². The molecule has 0 aromatic carbocycles. The van der Waals surface area contributed by atoms with Gasteiger partial charge in [-0.2, -0.15) is 0 Å². The van der Waals surface area contributed by atoms with Crippen molar-refractivity contribution in [1.82, 2.24) is 5.32 Å². The molecule has 1 aliphatic heterocycles. The van der Waals surface area contributed by atoms with Gasteiger partial charge >= 0.3 is 0 Å². The van der Waals surface area contributed by atoms with Gasteiger partial charge in [0.2, 0.25) is 5.91 Å². The topological polar surface area (TPSA) is 149 Å². The number of aliphatic hydroxyl groups excluding tert-OH is 5. The van der Waals surface area contributed by atoms with Crippen LogP contribution in [0.2, 0.25) is 0 Å². The van der Waals surface area contributed by atoms with Crippen LogP contribution in [0.5, 0.6) is 0 Å². The second-order valence-corrected chi connectivity index (χ2v) is 17.2. The lowest BCUT2D eigenvalue weighted by Crippen LogP contribution is -2.60. The molecule has 6 N–H and O–H groups in total. The maximum Gasteiger partial charge on any atom is 0.220 e. The molecule has 63 heavy (non-hydrogen) atoms. The number of aliphatic hydroxyl groups is 5. The highest BCUT2D eigenvalue weighted by Gasteiger charge is 2.44. The minimum absolute atomic E-state index is 0.195. The van der Waals surface area contributed by atoms with Gasteiger partial charge in [0.15, 0.2) is 6.29 Å². The summed E-state index contributed by atoms with van der Waals surface area (Å²) in [4.78, 5) is 13.0. The first-order valence-electron chi connectivity index (χ1n) is 25.3. The fourth-order valence-corrected chi connectivity index (χ4v) is 7.43. The second kappa shape index (κ2) is 43.3. The Morgan fingerprint density at radius 2 is 1.00 bits per heavy atom. The van der Waals surface area contributed by atoms with Gasteiger partial charge in [0.05, 0.1) is 25.4 Å². The Labute approximate surface area is 384 Å². The molecular weight excluding hydrogens is 791 g/mol. The number of ether oxygens (including phenoxy) is 2. The summed E-state index contributed by atoms with van der Waals surface area (Å²) in [6.07, 6.45) is 53.5. The van der Waals surface area contributed by atoms with Crippen molar-refractivity contribution in [3.8, 4) is 0 Å². The van der Waals surface area contributed by atoms with E-state index in [0.29, 0.717) is 6.42 Å². The van der Waals surface area contributed by atoms with E-state index in [1.54, 1.807) is 6.08 Å². The van der Waals surface area contributed by atoms with E-state index in [4.69, 9.17) is 9.47 Å². The molecule has 0 radical (unpaired) electrons. The molecule has 362 valence electrons. The molecule has 1 rings (SSSR count). The average molecular weight is 884 g/mol. The lowest BCUT2D eigenvalue weighted by Gasteiger charge is -2.40. The van der Waals surface area contributed by atoms with E-state index in [1.807, 2.05) is 6.08 Å². The van der Waals surface area contributed by atoms with Crippen LogP contribution in [0.15, 0.2) is 85.1 Å². The molecule has 1 aliphatic rings. The highest BCUT2D eigenvalue weighted by atomic mass is 16.7. The molecule has 0 spiro atoms. The van der Waals surface area contributed by atoms with Crippen LogP contribution in [0.3, 0.4) is 0 Å². The third kappa shape index (κ3) is 33.5. The van der Waals surface area contributed by atoms with Crippen LogP contribution >= 0.6 is 0 Å². The van der Waals surface area contributed by atoms with Crippen molar-refractivity contribution in [2.24, 2.45) is 0 Å². The molecule has 1 amide bonds. The fourth-order valence-electron chi connectivity index (χ4n) is 7.43. The first-order chi connectivity index (χ1) is 30.8. The third-order valence-electron chi connectivity index (χ3n) is 11.5. The standard InChI is InChI=1S/C54H93NO8/c1-3-5-7-9-11-13-15-17-18-19-20-21-22-23-24-25-26-27-28-29-30-32-34-36-38-40-42-44-50(58)55-47(46-62-54-53(61)52(60)51(59)49(45-56)63-54)48(57)43-41-39-37-35-33-31-16-14-12-10-8-6-4-2/h5,7,11,13,17-18,20-21,23-24,33,35,41,43,47-49,51-54,56-57,59-61H,3-4,6,8-10,12,14-16,19,22,25-32,34,36-40,42,44-46H2,1-2H3,(H,55,58)/b7-5-,13-11-,18-17-,21-20-,24-23-,35-33+,43-41+. The van der Waals surface area contributed by atoms with Crippen LogP contribution in [0, 0.1) is 0 Å². The lowest BCUT2D eigenvalue weighted by molar-refractivity contribution is -0.302. The molecule has 9 nitrogen and oxygen atoms in total. The fraction of sp³-hybridized carbons (Fsp3) is 0.722. The van der Waals surface area contributed by atoms with Crippen LogP contribution < -0.4 is 5.32 Å². The Hall–Kier alpha value is -2.63. The summed E-state index contributed by atoms with van der Waals surface area (Å²) in [6, 6.07) is -0.827.